The van der Waals surface area contributed by atoms with Crippen LogP contribution in [0.1, 0.15) is 22.3 Å². The maximum Gasteiger partial charge on any atom is 0.267 e. The smallest absolute Gasteiger partial charge is 0.267 e. The number of carbonyl (C=O) groups excluding carboxylic acids is 1. The lowest BCUT2D eigenvalue weighted by molar-refractivity contribution is -0.122. The number of hydrogen-bond acceptors (Lipinski definition) is 7. The molecule has 2 aliphatic rings. The lowest BCUT2D eigenvalue weighted by Gasteiger charge is -2.36. The number of anilines is 1. The lowest BCUT2D eigenvalue weighted by atomic mass is 10.1. The summed E-state index contributed by atoms with van der Waals surface area (Å²) in [4.78, 5) is 39.1. The first kappa shape index (κ1) is 27.4. The Labute approximate surface area is 249 Å². The fourth-order valence-electron chi connectivity index (χ4n) is 5.34. The zero-order valence-corrected chi connectivity index (χ0v) is 24.5. The van der Waals surface area contributed by atoms with Gasteiger partial charge in [-0.15, -0.1) is 0 Å². The summed E-state index contributed by atoms with van der Waals surface area (Å²) in [6, 6.07) is 24.3. The summed E-state index contributed by atoms with van der Waals surface area (Å²) in [6.45, 7) is 6.52. The van der Waals surface area contributed by atoms with Crippen LogP contribution in [0.5, 0.6) is 0 Å². The predicted octanol–water partition coefficient (Wildman–Crippen LogP) is 4.77. The Balaban J connectivity index is 1.29. The zero-order chi connectivity index (χ0) is 28.3. The molecule has 0 aliphatic carbocycles. The minimum absolute atomic E-state index is 0.164. The van der Waals surface area contributed by atoms with E-state index in [1.807, 2.05) is 55.5 Å². The molecule has 0 saturated carbocycles. The van der Waals surface area contributed by atoms with E-state index < -0.39 is 0 Å². The first-order valence-corrected chi connectivity index (χ1v) is 15.0. The van der Waals surface area contributed by atoms with E-state index in [9.17, 15) is 9.59 Å². The van der Waals surface area contributed by atoms with Gasteiger partial charge in [0.1, 0.15) is 15.8 Å². The van der Waals surface area contributed by atoms with Crippen LogP contribution in [-0.2, 0) is 17.8 Å². The maximum atomic E-state index is 13.9. The zero-order valence-electron chi connectivity index (χ0n) is 22.9. The third-order valence-corrected chi connectivity index (χ3v) is 8.98. The van der Waals surface area contributed by atoms with Crippen molar-refractivity contribution in [3.05, 3.63) is 117 Å². The molecule has 2 saturated heterocycles. The molecule has 0 unspecified atom stereocenters. The van der Waals surface area contributed by atoms with Crippen molar-refractivity contribution in [2.45, 2.75) is 19.9 Å². The highest BCUT2D eigenvalue weighted by atomic mass is 32.2. The average Bonchev–Trinajstić information content (AvgIpc) is 3.26. The number of aromatic nitrogens is 2. The molecule has 2 aromatic heterocycles. The molecule has 2 aliphatic heterocycles. The largest absolute Gasteiger partial charge is 0.353 e. The van der Waals surface area contributed by atoms with Gasteiger partial charge in [-0.05, 0) is 42.2 Å². The summed E-state index contributed by atoms with van der Waals surface area (Å²) < 4.78 is 2.09. The van der Waals surface area contributed by atoms with Crippen molar-refractivity contribution >= 4 is 51.7 Å². The van der Waals surface area contributed by atoms with Crippen molar-refractivity contribution in [2.24, 2.45) is 0 Å². The van der Waals surface area contributed by atoms with Crippen LogP contribution in [0.2, 0.25) is 0 Å². The van der Waals surface area contributed by atoms with E-state index in [1.165, 1.54) is 17.3 Å². The maximum absolute atomic E-state index is 13.9. The second kappa shape index (κ2) is 12.0. The molecule has 1 amide bonds. The number of piperazine rings is 1. The van der Waals surface area contributed by atoms with Crippen LogP contribution >= 0.6 is 24.0 Å². The SMILES string of the molecule is Cc1cccn2c(=O)c(/C=C3/SC(=S)N(CCc4ccccc4)C3=O)c(N3CCN(Cc4ccccc4)CC3)nc12. The van der Waals surface area contributed by atoms with Gasteiger partial charge < -0.3 is 4.90 Å². The Bertz CT molecular complexity index is 1680. The molecule has 208 valence electrons. The first-order valence-electron chi connectivity index (χ1n) is 13.8. The van der Waals surface area contributed by atoms with Gasteiger partial charge in [-0.3, -0.25) is 23.8 Å². The summed E-state index contributed by atoms with van der Waals surface area (Å²) in [7, 11) is 0. The lowest BCUT2D eigenvalue weighted by Crippen LogP contribution is -2.47. The van der Waals surface area contributed by atoms with Gasteiger partial charge in [-0.2, -0.15) is 0 Å². The van der Waals surface area contributed by atoms with Crippen LogP contribution in [0.15, 0.2) is 88.7 Å². The highest BCUT2D eigenvalue weighted by Gasteiger charge is 2.33. The molecule has 7 nitrogen and oxygen atoms in total. The number of hydrogen-bond donors (Lipinski definition) is 0. The molecule has 4 aromatic rings. The molecule has 0 bridgehead atoms. The van der Waals surface area contributed by atoms with Crippen molar-refractivity contribution in [3.63, 3.8) is 0 Å². The van der Waals surface area contributed by atoms with Crippen molar-refractivity contribution in [1.82, 2.24) is 19.2 Å². The Kier molecular flexibility index (Phi) is 8.00. The highest BCUT2D eigenvalue weighted by molar-refractivity contribution is 8.26. The minimum atomic E-state index is -0.185. The van der Waals surface area contributed by atoms with Crippen LogP contribution in [-0.4, -0.2) is 62.1 Å². The van der Waals surface area contributed by atoms with Crippen LogP contribution < -0.4 is 10.5 Å². The number of amides is 1. The molecule has 2 fully saturated rings. The van der Waals surface area contributed by atoms with Gasteiger partial charge in [-0.25, -0.2) is 4.98 Å². The van der Waals surface area contributed by atoms with Crippen molar-refractivity contribution in [2.75, 3.05) is 37.6 Å². The third kappa shape index (κ3) is 5.84. The third-order valence-electron chi connectivity index (χ3n) is 7.60. The van der Waals surface area contributed by atoms with Crippen LogP contribution in [0.4, 0.5) is 5.82 Å². The van der Waals surface area contributed by atoms with Gasteiger partial charge in [0.2, 0.25) is 0 Å². The molecule has 2 aromatic carbocycles. The number of pyridine rings is 1. The Morgan fingerprint density at radius 3 is 2.29 bits per heavy atom. The highest BCUT2D eigenvalue weighted by Crippen LogP contribution is 2.34. The Hall–Kier alpha value is -3.79. The number of fused-ring (bicyclic) bond motifs is 1. The normalized spacial score (nSPS) is 17.2. The van der Waals surface area contributed by atoms with Crippen molar-refractivity contribution < 1.29 is 4.79 Å². The summed E-state index contributed by atoms with van der Waals surface area (Å²) in [5, 5.41) is 0. The summed E-state index contributed by atoms with van der Waals surface area (Å²) >= 11 is 6.84. The van der Waals surface area contributed by atoms with Gasteiger partial charge >= 0.3 is 0 Å². The van der Waals surface area contributed by atoms with Gasteiger partial charge in [0.05, 0.1) is 10.5 Å². The fraction of sp³-hybridized carbons (Fsp3) is 0.250. The standard InChI is InChI=1S/C32H31N5O2S2/c1-23-9-8-15-36-28(23)33-29(35-19-17-34(18-20-35)22-25-12-6-3-7-13-25)26(30(36)38)21-27-31(39)37(32(40)41-27)16-14-24-10-4-2-5-11-24/h2-13,15,21H,14,16-20,22H2,1H3/b27-21+. The molecule has 6 rings (SSSR count). The molecule has 9 heteroatoms. The Morgan fingerprint density at radius 2 is 1.59 bits per heavy atom. The van der Waals surface area contributed by atoms with Crippen LogP contribution in [0.3, 0.4) is 0 Å². The van der Waals surface area contributed by atoms with Crippen LogP contribution in [0, 0.1) is 6.92 Å². The molecule has 4 heterocycles. The fourth-order valence-corrected chi connectivity index (χ4v) is 6.63. The van der Waals surface area contributed by atoms with E-state index in [1.54, 1.807) is 21.6 Å². The Morgan fingerprint density at radius 1 is 0.902 bits per heavy atom. The molecular weight excluding hydrogens is 551 g/mol. The number of rotatable bonds is 7. The average molecular weight is 582 g/mol. The summed E-state index contributed by atoms with van der Waals surface area (Å²) in [6.07, 6.45) is 4.15. The van der Waals surface area contributed by atoms with Crippen molar-refractivity contribution in [1.29, 1.82) is 0 Å². The van der Waals surface area contributed by atoms with Gasteiger partial charge in [0.15, 0.2) is 0 Å². The molecule has 0 atom stereocenters. The minimum Gasteiger partial charge on any atom is -0.353 e. The summed E-state index contributed by atoms with van der Waals surface area (Å²) in [5.41, 5.74) is 4.22. The number of benzene rings is 2. The number of thiocarbonyl (C=S) groups is 1. The number of thioether (sulfide) groups is 1. The molecule has 41 heavy (non-hydrogen) atoms. The topological polar surface area (TPSA) is 61.2 Å². The molecular formula is C32H31N5O2S2. The van der Waals surface area contributed by atoms with E-state index >= 15 is 0 Å². The van der Waals surface area contributed by atoms with E-state index in [0.717, 1.165) is 43.9 Å². The van der Waals surface area contributed by atoms with Crippen LogP contribution in [0.25, 0.3) is 11.7 Å². The van der Waals surface area contributed by atoms with E-state index in [0.29, 0.717) is 39.2 Å². The number of carbonyl (C=O) groups is 1. The monoisotopic (exact) mass is 581 g/mol. The van der Waals surface area contributed by atoms with E-state index in [4.69, 9.17) is 17.2 Å². The van der Waals surface area contributed by atoms with E-state index in [2.05, 4.69) is 34.1 Å². The number of nitrogens with zero attached hydrogens (tertiary/aromatic N) is 5. The van der Waals surface area contributed by atoms with E-state index in [-0.39, 0.29) is 11.5 Å². The van der Waals surface area contributed by atoms with Gasteiger partial charge in [0, 0.05) is 45.5 Å². The molecule has 0 spiro atoms. The number of aryl methyl sites for hydroxylation is 1. The second-order valence-corrected chi connectivity index (χ2v) is 12.0. The summed E-state index contributed by atoms with van der Waals surface area (Å²) in [5.74, 6) is 0.460. The van der Waals surface area contributed by atoms with Crippen molar-refractivity contribution in [3.8, 4) is 0 Å². The van der Waals surface area contributed by atoms with Gasteiger partial charge in [0.25, 0.3) is 11.5 Å². The second-order valence-electron chi connectivity index (χ2n) is 10.4. The molecule has 0 radical (unpaired) electrons. The molecule has 0 N–H and O–H groups in total. The predicted molar refractivity (Wildman–Crippen MR) is 170 cm³/mol. The first-order chi connectivity index (χ1) is 20.0. The van der Waals surface area contributed by atoms with Gasteiger partial charge in [-0.1, -0.05) is 90.7 Å². The quantitative estimate of drug-likeness (QED) is 0.230.